The summed E-state index contributed by atoms with van der Waals surface area (Å²) in [6.45, 7) is 22.4. The predicted molar refractivity (Wildman–Crippen MR) is 213 cm³/mol. The molecule has 0 saturated heterocycles. The molecule has 4 aromatic carbocycles. The first-order chi connectivity index (χ1) is 24.3. The molecule has 0 N–H and O–H groups in total. The highest BCUT2D eigenvalue weighted by Gasteiger charge is 2.24. The van der Waals surface area contributed by atoms with E-state index in [-0.39, 0.29) is 5.41 Å². The summed E-state index contributed by atoms with van der Waals surface area (Å²) in [5.41, 5.74) is 13.0. The van der Waals surface area contributed by atoms with E-state index < -0.39 is 0 Å². The molecule has 0 fully saturated rings. The lowest BCUT2D eigenvalue weighted by molar-refractivity contribution is 0.478. The Kier molecular flexibility index (Phi) is 8.87. The van der Waals surface area contributed by atoms with Crippen molar-refractivity contribution >= 4 is 21.8 Å². The summed E-state index contributed by atoms with van der Waals surface area (Å²) in [7, 11) is 0. The maximum atomic E-state index is 6.80. The van der Waals surface area contributed by atoms with E-state index in [1.807, 2.05) is 6.20 Å². The van der Waals surface area contributed by atoms with E-state index in [4.69, 9.17) is 14.8 Å². The van der Waals surface area contributed by atoms with E-state index in [0.29, 0.717) is 11.8 Å². The summed E-state index contributed by atoms with van der Waals surface area (Å²) in [6, 6.07) is 32.5. The molecule has 0 aliphatic heterocycles. The number of ether oxygens (including phenoxy) is 1. The highest BCUT2D eigenvalue weighted by Crippen LogP contribution is 2.41. The van der Waals surface area contributed by atoms with Crippen molar-refractivity contribution in [3.8, 4) is 34.1 Å². The van der Waals surface area contributed by atoms with Gasteiger partial charge in [-0.15, -0.1) is 0 Å². The fraction of sp³-hybridized carbons (Fsp3) is 0.304. The Bertz CT molecular complexity index is 2370. The van der Waals surface area contributed by atoms with Gasteiger partial charge in [0.2, 0.25) is 0 Å². The maximum Gasteiger partial charge on any atom is 0.137 e. The smallest absolute Gasteiger partial charge is 0.137 e. The minimum atomic E-state index is -0.103. The fourth-order valence-electron chi connectivity index (χ4n) is 7.49. The van der Waals surface area contributed by atoms with Crippen molar-refractivity contribution in [2.45, 2.75) is 92.9 Å². The zero-order valence-corrected chi connectivity index (χ0v) is 31.8. The molecular weight excluding hydrogens is 625 g/mol. The molecule has 0 amide bonds. The standard InChI is InChI=1S/C46H50N4O/c1-11-32-21-22-47-43(23-32)49-41-18-13-12-15-39(41)40-20-19-35(27-42(40)49)51-36-25-33(46(8,9)10)24-34(26-36)50-31(7)44(30(6)48-50)45-37(28(2)3)16-14-17-38(45)29(4)5/h12-29H,11H2,1-10H3. The second-order valence-electron chi connectivity index (χ2n) is 15.6. The van der Waals surface area contributed by atoms with Gasteiger partial charge in [-0.2, -0.15) is 5.10 Å². The number of aromatic nitrogens is 4. The largest absolute Gasteiger partial charge is 0.457 e. The van der Waals surface area contributed by atoms with Gasteiger partial charge in [0.15, 0.2) is 0 Å². The van der Waals surface area contributed by atoms with Gasteiger partial charge in [0.1, 0.15) is 17.3 Å². The monoisotopic (exact) mass is 674 g/mol. The van der Waals surface area contributed by atoms with Crippen LogP contribution >= 0.6 is 0 Å². The summed E-state index contributed by atoms with van der Waals surface area (Å²) < 4.78 is 11.2. The van der Waals surface area contributed by atoms with Gasteiger partial charge >= 0.3 is 0 Å². The van der Waals surface area contributed by atoms with E-state index in [1.54, 1.807) is 0 Å². The lowest BCUT2D eigenvalue weighted by Gasteiger charge is -2.22. The Morgan fingerprint density at radius 2 is 1.41 bits per heavy atom. The third-order valence-corrected chi connectivity index (χ3v) is 10.2. The molecule has 7 rings (SSSR count). The van der Waals surface area contributed by atoms with Crippen molar-refractivity contribution in [2.24, 2.45) is 0 Å². The van der Waals surface area contributed by atoms with Gasteiger partial charge in [-0.1, -0.05) is 91.8 Å². The number of nitrogens with zero attached hydrogens (tertiary/aromatic N) is 4. The van der Waals surface area contributed by atoms with Crippen molar-refractivity contribution < 1.29 is 4.74 Å². The maximum absolute atomic E-state index is 6.80. The lowest BCUT2D eigenvalue weighted by atomic mass is 9.84. The van der Waals surface area contributed by atoms with Crippen LogP contribution < -0.4 is 4.74 Å². The third-order valence-electron chi connectivity index (χ3n) is 10.2. The number of pyridine rings is 1. The van der Waals surface area contributed by atoms with Crippen LogP contribution in [0.25, 0.3) is 44.4 Å². The van der Waals surface area contributed by atoms with Gasteiger partial charge < -0.3 is 4.74 Å². The average molecular weight is 675 g/mol. The van der Waals surface area contributed by atoms with Crippen molar-refractivity contribution in [2.75, 3.05) is 0 Å². The number of para-hydroxylation sites is 1. The van der Waals surface area contributed by atoms with E-state index in [0.717, 1.165) is 51.8 Å². The lowest BCUT2D eigenvalue weighted by Crippen LogP contribution is -2.12. The van der Waals surface area contributed by atoms with Crippen LogP contribution in [-0.2, 0) is 11.8 Å². The van der Waals surface area contributed by atoms with Gasteiger partial charge in [0, 0.05) is 40.4 Å². The molecule has 0 spiro atoms. The summed E-state index contributed by atoms with van der Waals surface area (Å²) in [6.07, 6.45) is 2.86. The predicted octanol–water partition coefficient (Wildman–Crippen LogP) is 12.5. The number of hydrogen-bond acceptors (Lipinski definition) is 3. The van der Waals surface area contributed by atoms with Crippen molar-refractivity contribution in [1.82, 2.24) is 19.3 Å². The van der Waals surface area contributed by atoms with Crippen LogP contribution in [0.15, 0.2) is 97.2 Å². The zero-order valence-electron chi connectivity index (χ0n) is 31.8. The van der Waals surface area contributed by atoms with E-state index in [1.165, 1.54) is 44.2 Å². The summed E-state index contributed by atoms with van der Waals surface area (Å²) in [4.78, 5) is 4.81. The van der Waals surface area contributed by atoms with Crippen LogP contribution in [0.1, 0.15) is 101 Å². The van der Waals surface area contributed by atoms with E-state index >= 15 is 0 Å². The zero-order chi connectivity index (χ0) is 36.2. The van der Waals surface area contributed by atoms with E-state index in [9.17, 15) is 0 Å². The van der Waals surface area contributed by atoms with Gasteiger partial charge in [-0.05, 0) is 108 Å². The quantitative estimate of drug-likeness (QED) is 0.161. The number of hydrogen-bond donors (Lipinski definition) is 0. The molecule has 7 aromatic rings. The molecule has 5 nitrogen and oxygen atoms in total. The molecule has 0 radical (unpaired) electrons. The average Bonchev–Trinajstić information content (AvgIpc) is 3.59. The first kappa shape index (κ1) is 34.3. The molecule has 260 valence electrons. The molecule has 0 aliphatic carbocycles. The Labute approximate surface area is 302 Å². The third kappa shape index (κ3) is 6.24. The molecular formula is C46H50N4O. The SMILES string of the molecule is CCc1ccnc(-n2c3ccccc3c3ccc(Oc4cc(-n5nc(C)c(-c6c(C(C)C)cccc6C(C)C)c5C)cc(C(C)(C)C)c4)cc32)c1. The number of benzene rings is 4. The number of aryl methyl sites for hydroxylation is 2. The fourth-order valence-corrected chi connectivity index (χ4v) is 7.49. The van der Waals surface area contributed by atoms with Crippen LogP contribution in [0, 0.1) is 13.8 Å². The summed E-state index contributed by atoms with van der Waals surface area (Å²) >= 11 is 0. The second-order valence-corrected chi connectivity index (χ2v) is 15.6. The summed E-state index contributed by atoms with van der Waals surface area (Å²) in [5.74, 6) is 3.26. The van der Waals surface area contributed by atoms with Gasteiger partial charge in [-0.25, -0.2) is 9.67 Å². The number of rotatable bonds is 8. The van der Waals surface area contributed by atoms with Crippen LogP contribution in [0.3, 0.4) is 0 Å². The molecule has 5 heteroatoms. The highest BCUT2D eigenvalue weighted by molar-refractivity contribution is 6.09. The molecule has 0 aliphatic rings. The van der Waals surface area contributed by atoms with Gasteiger partial charge in [0.05, 0.1) is 22.4 Å². The number of fused-ring (bicyclic) bond motifs is 3. The molecule has 0 bridgehead atoms. The Hall–Kier alpha value is -5.16. The van der Waals surface area contributed by atoms with Crippen LogP contribution in [0.4, 0.5) is 0 Å². The second kappa shape index (κ2) is 13.2. The first-order valence-corrected chi connectivity index (χ1v) is 18.4. The molecule has 51 heavy (non-hydrogen) atoms. The van der Waals surface area contributed by atoms with Crippen molar-refractivity contribution in [3.63, 3.8) is 0 Å². The van der Waals surface area contributed by atoms with Gasteiger partial charge in [-0.3, -0.25) is 4.57 Å². The summed E-state index contributed by atoms with van der Waals surface area (Å²) in [5, 5.41) is 7.57. The Balaban J connectivity index is 1.36. The minimum absolute atomic E-state index is 0.103. The van der Waals surface area contributed by atoms with Crippen LogP contribution in [-0.4, -0.2) is 19.3 Å². The Morgan fingerprint density at radius 1 is 0.706 bits per heavy atom. The van der Waals surface area contributed by atoms with Crippen LogP contribution in [0.5, 0.6) is 11.5 Å². The van der Waals surface area contributed by atoms with E-state index in [2.05, 4.69) is 169 Å². The Morgan fingerprint density at radius 3 is 2.10 bits per heavy atom. The molecule has 3 heterocycles. The topological polar surface area (TPSA) is 44.9 Å². The van der Waals surface area contributed by atoms with Gasteiger partial charge in [0.25, 0.3) is 0 Å². The highest BCUT2D eigenvalue weighted by atomic mass is 16.5. The molecule has 0 saturated carbocycles. The normalized spacial score (nSPS) is 12.2. The van der Waals surface area contributed by atoms with Crippen molar-refractivity contribution in [3.05, 3.63) is 131 Å². The molecule has 0 unspecified atom stereocenters. The minimum Gasteiger partial charge on any atom is -0.457 e. The first-order valence-electron chi connectivity index (χ1n) is 18.4. The van der Waals surface area contributed by atoms with Crippen LogP contribution in [0.2, 0.25) is 0 Å². The molecule has 0 atom stereocenters. The van der Waals surface area contributed by atoms with Crippen molar-refractivity contribution in [1.29, 1.82) is 0 Å². The molecule has 3 aromatic heterocycles.